The normalized spacial score (nSPS) is 22.0. The van der Waals surface area contributed by atoms with Gasteiger partial charge in [-0.2, -0.15) is 0 Å². The van der Waals surface area contributed by atoms with Crippen molar-refractivity contribution in [1.29, 1.82) is 0 Å². The first-order valence-corrected chi connectivity index (χ1v) is 11.6. The van der Waals surface area contributed by atoms with Crippen molar-refractivity contribution in [2.45, 2.75) is 71.2 Å². The number of hydrogen-bond donors (Lipinski definition) is 1. The number of hydrogen-bond acceptors (Lipinski definition) is 4. The van der Waals surface area contributed by atoms with Crippen LogP contribution in [0.15, 0.2) is 29.3 Å². The molecule has 2 fully saturated rings. The van der Waals surface area contributed by atoms with E-state index in [9.17, 15) is 0 Å². The van der Waals surface area contributed by atoms with E-state index in [0.717, 1.165) is 69.4 Å². The molecule has 0 aromatic heterocycles. The number of ether oxygens (including phenoxy) is 3. The maximum absolute atomic E-state index is 6.15. The summed E-state index contributed by atoms with van der Waals surface area (Å²) in [6.45, 7) is 11.3. The van der Waals surface area contributed by atoms with Gasteiger partial charge in [0.25, 0.3) is 0 Å². The standard InChI is InChI=1S/C24H39N3O3/c1-4-25-24(26-17-20(3)30-23-11-6-5-9-19(23)2)27-14-12-21(13-15-27)29-18-22-10-7-8-16-28-22/h5-6,9,11,20-22H,4,7-8,10,12-18H2,1-3H3,(H,25,26). The van der Waals surface area contributed by atoms with Crippen molar-refractivity contribution in [2.75, 3.05) is 39.4 Å². The Bertz CT molecular complexity index is 653. The van der Waals surface area contributed by atoms with Crippen LogP contribution in [0, 0.1) is 6.92 Å². The summed E-state index contributed by atoms with van der Waals surface area (Å²) in [4.78, 5) is 7.20. The predicted molar refractivity (Wildman–Crippen MR) is 121 cm³/mol. The molecule has 2 heterocycles. The number of aryl methyl sites for hydroxylation is 1. The number of rotatable bonds is 8. The molecule has 0 bridgehead atoms. The van der Waals surface area contributed by atoms with Crippen LogP contribution in [0.2, 0.25) is 0 Å². The molecule has 0 aliphatic carbocycles. The van der Waals surface area contributed by atoms with Crippen molar-refractivity contribution < 1.29 is 14.2 Å². The fraction of sp³-hybridized carbons (Fsp3) is 0.708. The van der Waals surface area contributed by atoms with Gasteiger partial charge in [-0.3, -0.25) is 0 Å². The highest BCUT2D eigenvalue weighted by atomic mass is 16.5. The number of benzene rings is 1. The van der Waals surface area contributed by atoms with Gasteiger partial charge in [0.15, 0.2) is 5.96 Å². The molecule has 3 rings (SSSR count). The lowest BCUT2D eigenvalue weighted by Crippen LogP contribution is -2.47. The van der Waals surface area contributed by atoms with Crippen LogP contribution in [-0.2, 0) is 9.47 Å². The second-order valence-electron chi connectivity index (χ2n) is 8.40. The number of para-hydroxylation sites is 1. The Kier molecular flexibility index (Phi) is 9.27. The highest BCUT2D eigenvalue weighted by Gasteiger charge is 2.24. The number of nitrogens with one attached hydrogen (secondary N) is 1. The van der Waals surface area contributed by atoms with Crippen molar-refractivity contribution in [3.8, 4) is 5.75 Å². The van der Waals surface area contributed by atoms with Crippen LogP contribution in [0.4, 0.5) is 0 Å². The predicted octanol–water partition coefficient (Wildman–Crippen LogP) is 3.78. The van der Waals surface area contributed by atoms with Gasteiger partial charge in [0.2, 0.25) is 0 Å². The average Bonchev–Trinajstić information content (AvgIpc) is 2.78. The summed E-state index contributed by atoms with van der Waals surface area (Å²) in [6.07, 6.45) is 6.31. The molecule has 6 nitrogen and oxygen atoms in total. The SMILES string of the molecule is CCNC(=NCC(C)Oc1ccccc1C)N1CCC(OCC2CCCCO2)CC1. The molecule has 6 heteroatoms. The Balaban J connectivity index is 1.44. The molecule has 0 radical (unpaired) electrons. The summed E-state index contributed by atoms with van der Waals surface area (Å²) >= 11 is 0. The molecule has 0 saturated carbocycles. The third-order valence-corrected chi connectivity index (χ3v) is 5.79. The Morgan fingerprint density at radius 3 is 2.73 bits per heavy atom. The molecule has 0 amide bonds. The van der Waals surface area contributed by atoms with E-state index in [0.29, 0.717) is 18.8 Å². The Morgan fingerprint density at radius 2 is 2.03 bits per heavy atom. The van der Waals surface area contributed by atoms with E-state index in [2.05, 4.69) is 37.1 Å². The molecular formula is C24H39N3O3. The molecule has 1 N–H and O–H groups in total. The molecule has 168 valence electrons. The fourth-order valence-electron chi connectivity index (χ4n) is 4.00. The van der Waals surface area contributed by atoms with E-state index in [1.54, 1.807) is 0 Å². The molecule has 0 spiro atoms. The zero-order valence-corrected chi connectivity index (χ0v) is 18.9. The van der Waals surface area contributed by atoms with Crippen molar-refractivity contribution in [3.05, 3.63) is 29.8 Å². The largest absolute Gasteiger partial charge is 0.489 e. The van der Waals surface area contributed by atoms with Crippen LogP contribution in [0.1, 0.15) is 51.5 Å². The lowest BCUT2D eigenvalue weighted by Gasteiger charge is -2.35. The maximum atomic E-state index is 6.15. The number of nitrogens with zero attached hydrogens (tertiary/aromatic N) is 2. The number of aliphatic imine (C=N–C) groups is 1. The van der Waals surface area contributed by atoms with Crippen molar-refractivity contribution in [3.63, 3.8) is 0 Å². The van der Waals surface area contributed by atoms with E-state index in [4.69, 9.17) is 19.2 Å². The van der Waals surface area contributed by atoms with Gasteiger partial charge in [-0.05, 0) is 64.5 Å². The van der Waals surface area contributed by atoms with E-state index >= 15 is 0 Å². The van der Waals surface area contributed by atoms with E-state index < -0.39 is 0 Å². The lowest BCUT2D eigenvalue weighted by atomic mass is 10.1. The van der Waals surface area contributed by atoms with E-state index in [1.807, 2.05) is 18.2 Å². The van der Waals surface area contributed by atoms with Crippen LogP contribution in [0.3, 0.4) is 0 Å². The summed E-state index contributed by atoms with van der Waals surface area (Å²) in [7, 11) is 0. The molecule has 2 aliphatic heterocycles. The monoisotopic (exact) mass is 417 g/mol. The Morgan fingerprint density at radius 1 is 1.23 bits per heavy atom. The summed E-state index contributed by atoms with van der Waals surface area (Å²) < 4.78 is 18.0. The first kappa shape index (κ1) is 22.9. The van der Waals surface area contributed by atoms with Gasteiger partial charge in [-0.1, -0.05) is 18.2 Å². The van der Waals surface area contributed by atoms with Gasteiger partial charge >= 0.3 is 0 Å². The topological polar surface area (TPSA) is 55.3 Å². The summed E-state index contributed by atoms with van der Waals surface area (Å²) in [5.41, 5.74) is 1.15. The highest BCUT2D eigenvalue weighted by molar-refractivity contribution is 5.80. The van der Waals surface area contributed by atoms with E-state index in [-0.39, 0.29) is 6.10 Å². The smallest absolute Gasteiger partial charge is 0.194 e. The minimum atomic E-state index is 0.0242. The van der Waals surface area contributed by atoms with Gasteiger partial charge in [0.1, 0.15) is 11.9 Å². The molecule has 2 atom stereocenters. The Labute approximate surface area is 182 Å². The zero-order valence-electron chi connectivity index (χ0n) is 18.9. The number of piperidine rings is 1. The third-order valence-electron chi connectivity index (χ3n) is 5.79. The van der Waals surface area contributed by atoms with Crippen LogP contribution >= 0.6 is 0 Å². The van der Waals surface area contributed by atoms with Crippen LogP contribution < -0.4 is 10.1 Å². The molecular weight excluding hydrogens is 378 g/mol. The summed E-state index contributed by atoms with van der Waals surface area (Å²) in [5.74, 6) is 1.91. The highest BCUT2D eigenvalue weighted by Crippen LogP contribution is 2.19. The first-order valence-electron chi connectivity index (χ1n) is 11.6. The molecule has 30 heavy (non-hydrogen) atoms. The first-order chi connectivity index (χ1) is 14.7. The van der Waals surface area contributed by atoms with Gasteiger partial charge in [-0.15, -0.1) is 0 Å². The van der Waals surface area contributed by atoms with Crippen molar-refractivity contribution in [2.24, 2.45) is 4.99 Å². The summed E-state index contributed by atoms with van der Waals surface area (Å²) in [6, 6.07) is 8.13. The molecule has 1 aromatic rings. The zero-order chi connectivity index (χ0) is 21.2. The number of guanidine groups is 1. The van der Waals surface area contributed by atoms with Crippen molar-refractivity contribution in [1.82, 2.24) is 10.2 Å². The average molecular weight is 418 g/mol. The fourth-order valence-corrected chi connectivity index (χ4v) is 4.00. The van der Waals surface area contributed by atoms with E-state index in [1.165, 1.54) is 12.8 Å². The second-order valence-corrected chi connectivity index (χ2v) is 8.40. The molecule has 2 unspecified atom stereocenters. The maximum Gasteiger partial charge on any atom is 0.194 e. The van der Waals surface area contributed by atoms with Crippen LogP contribution in [-0.4, -0.2) is 68.6 Å². The molecule has 2 aliphatic rings. The minimum Gasteiger partial charge on any atom is -0.489 e. The van der Waals surface area contributed by atoms with Crippen LogP contribution in [0.25, 0.3) is 0 Å². The number of likely N-dealkylation sites (tertiary alicyclic amines) is 1. The quantitative estimate of drug-likeness (QED) is 0.515. The van der Waals surface area contributed by atoms with Crippen molar-refractivity contribution >= 4 is 5.96 Å². The molecule has 2 saturated heterocycles. The molecule has 1 aromatic carbocycles. The minimum absolute atomic E-state index is 0.0242. The van der Waals surface area contributed by atoms with Crippen LogP contribution in [0.5, 0.6) is 5.75 Å². The van der Waals surface area contributed by atoms with Gasteiger partial charge in [0, 0.05) is 26.2 Å². The van der Waals surface area contributed by atoms with Gasteiger partial charge < -0.3 is 24.4 Å². The lowest BCUT2D eigenvalue weighted by molar-refractivity contribution is -0.0721. The third kappa shape index (κ3) is 7.17. The van der Waals surface area contributed by atoms with Gasteiger partial charge in [-0.25, -0.2) is 4.99 Å². The Hall–Kier alpha value is -1.79. The summed E-state index contributed by atoms with van der Waals surface area (Å²) in [5, 5.41) is 3.44. The van der Waals surface area contributed by atoms with Gasteiger partial charge in [0.05, 0.1) is 25.4 Å². The second kappa shape index (κ2) is 12.2.